The molecule has 2 N–H and O–H groups in total. The monoisotopic (exact) mass is 259 g/mol. The third kappa shape index (κ3) is 2.16. The van der Waals surface area contributed by atoms with Crippen LogP contribution in [-0.4, -0.2) is 9.55 Å². The Kier molecular flexibility index (Phi) is 2.71. The van der Waals surface area contributed by atoms with Crippen molar-refractivity contribution >= 4 is 0 Å². The fraction of sp³-hybridized carbons (Fsp3) is 0.400. The summed E-state index contributed by atoms with van der Waals surface area (Å²) in [5, 5.41) is 0. The van der Waals surface area contributed by atoms with Gasteiger partial charge in [-0.3, -0.25) is 0 Å². The maximum absolute atomic E-state index is 13.0. The van der Waals surface area contributed by atoms with Crippen LogP contribution < -0.4 is 5.73 Å². The Morgan fingerprint density at radius 3 is 2.84 bits per heavy atom. The van der Waals surface area contributed by atoms with E-state index in [1.807, 2.05) is 10.8 Å². The van der Waals surface area contributed by atoms with Gasteiger partial charge in [-0.05, 0) is 42.0 Å². The Hall–Kier alpha value is -1.68. The molecule has 1 atom stereocenters. The van der Waals surface area contributed by atoms with Crippen molar-refractivity contribution in [3.05, 3.63) is 47.7 Å². The molecular formula is C15H18FN3. The van der Waals surface area contributed by atoms with E-state index in [0.29, 0.717) is 0 Å². The summed E-state index contributed by atoms with van der Waals surface area (Å²) in [6.07, 6.45) is 5.17. The van der Waals surface area contributed by atoms with Crippen molar-refractivity contribution in [1.82, 2.24) is 9.55 Å². The van der Waals surface area contributed by atoms with Crippen molar-refractivity contribution < 1.29 is 4.39 Å². The van der Waals surface area contributed by atoms with Gasteiger partial charge in [0.1, 0.15) is 11.6 Å². The maximum atomic E-state index is 13.0. The fourth-order valence-electron chi connectivity index (χ4n) is 2.96. The summed E-state index contributed by atoms with van der Waals surface area (Å²) in [5.41, 5.74) is 8.81. The van der Waals surface area contributed by atoms with Crippen molar-refractivity contribution in [2.24, 2.45) is 11.1 Å². The number of rotatable bonds is 1. The van der Waals surface area contributed by atoms with Crippen LogP contribution in [0.15, 0.2) is 30.6 Å². The number of aromatic nitrogens is 2. The lowest BCUT2D eigenvalue weighted by Crippen LogP contribution is -2.30. The average molecular weight is 259 g/mol. The Morgan fingerprint density at radius 1 is 1.37 bits per heavy atom. The molecule has 2 aromatic heterocycles. The van der Waals surface area contributed by atoms with Gasteiger partial charge in [-0.2, -0.15) is 0 Å². The first-order chi connectivity index (χ1) is 8.96. The summed E-state index contributed by atoms with van der Waals surface area (Å²) in [7, 11) is 0. The second kappa shape index (κ2) is 4.17. The topological polar surface area (TPSA) is 43.8 Å². The van der Waals surface area contributed by atoms with Crippen molar-refractivity contribution in [2.45, 2.75) is 32.7 Å². The summed E-state index contributed by atoms with van der Waals surface area (Å²) < 4.78 is 15.0. The smallest absolute Gasteiger partial charge is 0.141 e. The number of fused-ring (bicyclic) bond motifs is 1. The molecule has 0 fully saturated rings. The van der Waals surface area contributed by atoms with E-state index in [4.69, 9.17) is 5.73 Å². The third-order valence-corrected chi connectivity index (χ3v) is 3.80. The van der Waals surface area contributed by atoms with Gasteiger partial charge in [-0.1, -0.05) is 13.8 Å². The van der Waals surface area contributed by atoms with E-state index in [1.54, 1.807) is 6.07 Å². The van der Waals surface area contributed by atoms with Gasteiger partial charge in [0.05, 0.1) is 6.20 Å². The van der Waals surface area contributed by atoms with E-state index in [0.717, 1.165) is 18.7 Å². The zero-order valence-corrected chi connectivity index (χ0v) is 11.2. The van der Waals surface area contributed by atoms with E-state index in [2.05, 4.69) is 24.9 Å². The largest absolute Gasteiger partial charge is 0.324 e. The first kappa shape index (κ1) is 12.4. The highest BCUT2D eigenvalue weighted by Crippen LogP contribution is 2.40. The second-order valence-corrected chi connectivity index (χ2v) is 6.07. The molecule has 1 aliphatic carbocycles. The number of hydrogen-bond donors (Lipinski definition) is 1. The van der Waals surface area contributed by atoms with Gasteiger partial charge in [0.15, 0.2) is 0 Å². The number of nitrogens with zero attached hydrogens (tertiary/aromatic N) is 2. The van der Waals surface area contributed by atoms with Crippen LogP contribution in [0.2, 0.25) is 0 Å². The zero-order valence-electron chi connectivity index (χ0n) is 11.2. The molecule has 19 heavy (non-hydrogen) atoms. The van der Waals surface area contributed by atoms with Gasteiger partial charge >= 0.3 is 0 Å². The highest BCUT2D eigenvalue weighted by molar-refractivity contribution is 5.37. The van der Waals surface area contributed by atoms with Crippen LogP contribution in [0.3, 0.4) is 0 Å². The molecule has 0 aromatic carbocycles. The minimum absolute atomic E-state index is 0.0699. The van der Waals surface area contributed by atoms with Crippen molar-refractivity contribution in [3.8, 4) is 5.82 Å². The second-order valence-electron chi connectivity index (χ2n) is 6.07. The summed E-state index contributed by atoms with van der Waals surface area (Å²) in [4.78, 5) is 4.15. The van der Waals surface area contributed by atoms with Crippen molar-refractivity contribution in [2.75, 3.05) is 0 Å². The standard InChI is InChI=1S/C15H18FN3/c1-15(2)7-12(17)11-5-6-19(13(11)8-15)14-4-3-10(16)9-18-14/h3-6,9,12H,7-8,17H2,1-2H3. The lowest BCUT2D eigenvalue weighted by Gasteiger charge is -2.34. The Labute approximate surface area is 112 Å². The average Bonchev–Trinajstić information content (AvgIpc) is 2.72. The minimum Gasteiger partial charge on any atom is -0.324 e. The molecule has 3 rings (SSSR count). The van der Waals surface area contributed by atoms with E-state index < -0.39 is 0 Å². The zero-order chi connectivity index (χ0) is 13.6. The molecule has 1 unspecified atom stereocenters. The van der Waals surface area contributed by atoms with Gasteiger partial charge < -0.3 is 10.3 Å². The van der Waals surface area contributed by atoms with Crippen molar-refractivity contribution in [1.29, 1.82) is 0 Å². The summed E-state index contributed by atoms with van der Waals surface area (Å²) >= 11 is 0. The van der Waals surface area contributed by atoms with Crippen LogP contribution in [0.25, 0.3) is 5.82 Å². The van der Waals surface area contributed by atoms with Crippen LogP contribution in [0.5, 0.6) is 0 Å². The number of nitrogens with two attached hydrogens (primary N) is 1. The summed E-state index contributed by atoms with van der Waals surface area (Å²) in [5.74, 6) is 0.425. The molecule has 2 aromatic rings. The minimum atomic E-state index is -0.318. The quantitative estimate of drug-likeness (QED) is 0.855. The first-order valence-corrected chi connectivity index (χ1v) is 6.54. The van der Waals surface area contributed by atoms with Crippen LogP contribution in [0.1, 0.15) is 37.6 Å². The number of hydrogen-bond acceptors (Lipinski definition) is 2. The molecular weight excluding hydrogens is 241 g/mol. The SMILES string of the molecule is CC1(C)Cc2c(ccn2-c2ccc(F)cn2)C(N)C1. The molecule has 2 heterocycles. The highest BCUT2D eigenvalue weighted by atomic mass is 19.1. The Bertz CT molecular complexity index is 598. The molecule has 0 amide bonds. The highest BCUT2D eigenvalue weighted by Gasteiger charge is 2.32. The molecule has 100 valence electrons. The van der Waals surface area contributed by atoms with E-state index in [9.17, 15) is 4.39 Å². The third-order valence-electron chi connectivity index (χ3n) is 3.80. The molecule has 3 nitrogen and oxygen atoms in total. The van der Waals surface area contributed by atoms with Crippen molar-refractivity contribution in [3.63, 3.8) is 0 Å². The molecule has 0 bridgehead atoms. The van der Waals surface area contributed by atoms with Gasteiger partial charge in [0.25, 0.3) is 0 Å². The molecule has 0 saturated heterocycles. The molecule has 0 radical (unpaired) electrons. The van der Waals surface area contributed by atoms with E-state index in [1.165, 1.54) is 23.5 Å². The maximum Gasteiger partial charge on any atom is 0.141 e. The number of pyridine rings is 1. The van der Waals surface area contributed by atoms with Crippen LogP contribution >= 0.6 is 0 Å². The van der Waals surface area contributed by atoms with Crippen LogP contribution in [-0.2, 0) is 6.42 Å². The fourth-order valence-corrected chi connectivity index (χ4v) is 2.96. The molecule has 1 aliphatic rings. The van der Waals surface area contributed by atoms with Crippen LogP contribution in [0.4, 0.5) is 4.39 Å². The predicted octanol–water partition coefficient (Wildman–Crippen LogP) is 2.98. The molecule has 4 heteroatoms. The van der Waals surface area contributed by atoms with Crippen LogP contribution in [0, 0.1) is 11.2 Å². The molecule has 0 aliphatic heterocycles. The summed E-state index contributed by atoms with van der Waals surface area (Å²) in [6, 6.07) is 5.26. The number of halogens is 1. The van der Waals surface area contributed by atoms with Gasteiger partial charge in [-0.15, -0.1) is 0 Å². The van der Waals surface area contributed by atoms with Gasteiger partial charge in [-0.25, -0.2) is 9.37 Å². The lowest BCUT2D eigenvalue weighted by atomic mass is 9.74. The van der Waals surface area contributed by atoms with Gasteiger partial charge in [0.2, 0.25) is 0 Å². The molecule has 0 saturated carbocycles. The predicted molar refractivity (Wildman–Crippen MR) is 72.6 cm³/mol. The Morgan fingerprint density at radius 2 is 2.16 bits per heavy atom. The lowest BCUT2D eigenvalue weighted by molar-refractivity contribution is 0.278. The Balaban J connectivity index is 2.08. The van der Waals surface area contributed by atoms with E-state index >= 15 is 0 Å². The first-order valence-electron chi connectivity index (χ1n) is 6.54. The normalized spacial score (nSPS) is 21.2. The van der Waals surface area contributed by atoms with Gasteiger partial charge in [0, 0.05) is 17.9 Å². The van der Waals surface area contributed by atoms with E-state index in [-0.39, 0.29) is 17.3 Å². The molecule has 0 spiro atoms. The summed E-state index contributed by atoms with van der Waals surface area (Å²) in [6.45, 7) is 4.45.